The summed E-state index contributed by atoms with van der Waals surface area (Å²) in [6.45, 7) is 5.09. The Morgan fingerprint density at radius 1 is 1.18 bits per heavy atom. The number of para-hydroxylation sites is 1. The predicted octanol–water partition coefficient (Wildman–Crippen LogP) is 1.85. The second-order valence-corrected chi connectivity index (χ2v) is 9.04. The number of hydrogen-bond donors (Lipinski definition) is 1. The highest BCUT2D eigenvalue weighted by Gasteiger charge is 2.64. The van der Waals surface area contributed by atoms with E-state index < -0.39 is 35.2 Å². The summed E-state index contributed by atoms with van der Waals surface area (Å²) in [5.41, 5.74) is 4.53. The number of nitrogens with zero attached hydrogens (tertiary/aromatic N) is 1. The normalized spacial score (nSPS) is 23.3. The van der Waals surface area contributed by atoms with Gasteiger partial charge in [0.25, 0.3) is 0 Å². The third kappa shape index (κ3) is 3.21. The zero-order valence-electron chi connectivity index (χ0n) is 19.0. The van der Waals surface area contributed by atoms with E-state index in [1.807, 2.05) is 13.8 Å². The quantitative estimate of drug-likeness (QED) is 0.684. The highest BCUT2D eigenvalue weighted by Crippen LogP contribution is 2.57. The van der Waals surface area contributed by atoms with Gasteiger partial charge in [-0.15, -0.1) is 0 Å². The molecule has 2 heterocycles. The average Bonchev–Trinajstić information content (AvgIpc) is 2.96. The number of methoxy groups -OCH3 is 1. The molecule has 2 aliphatic heterocycles. The zero-order valence-corrected chi connectivity index (χ0v) is 19.0. The number of fused-ring (bicyclic) bond motifs is 3. The molecule has 3 aliphatic rings. The van der Waals surface area contributed by atoms with E-state index in [1.165, 1.54) is 12.0 Å². The summed E-state index contributed by atoms with van der Waals surface area (Å²) in [6, 6.07) is 6.70. The van der Waals surface area contributed by atoms with Gasteiger partial charge in [-0.1, -0.05) is 32.0 Å². The fraction of sp³-hybridized carbons (Fsp3) is 0.417. The van der Waals surface area contributed by atoms with Gasteiger partial charge in [0.05, 0.1) is 19.3 Å². The van der Waals surface area contributed by atoms with Gasteiger partial charge in [0.1, 0.15) is 23.3 Å². The molecule has 0 aromatic heterocycles. The first kappa shape index (κ1) is 22.6. The summed E-state index contributed by atoms with van der Waals surface area (Å²) in [5, 5.41) is 0. The number of amides is 1. The van der Waals surface area contributed by atoms with Crippen LogP contribution < -0.4 is 10.6 Å². The summed E-state index contributed by atoms with van der Waals surface area (Å²) in [5.74, 6) is -2.52. The molecule has 4 rings (SSSR count). The topological polar surface area (TPSA) is 125 Å². The second-order valence-electron chi connectivity index (χ2n) is 9.04. The zero-order chi connectivity index (χ0) is 24.1. The van der Waals surface area contributed by atoms with Crippen LogP contribution in [0.15, 0.2) is 47.1 Å². The van der Waals surface area contributed by atoms with Crippen LogP contribution in [-0.4, -0.2) is 43.9 Å². The van der Waals surface area contributed by atoms with Crippen LogP contribution in [0.5, 0.6) is 0 Å². The van der Waals surface area contributed by atoms with E-state index in [0.29, 0.717) is 17.7 Å². The van der Waals surface area contributed by atoms with Crippen LogP contribution in [-0.2, 0) is 38.8 Å². The molecule has 1 aromatic carbocycles. The van der Waals surface area contributed by atoms with Crippen LogP contribution in [0.4, 0.5) is 5.69 Å². The SMILES string of the molecule is CCOC(=O)C1=C(N)OC2=C(C(=O)CC(C)(C)C2)C12C(=O)N(CC(=O)OC)c1ccccc12. The summed E-state index contributed by atoms with van der Waals surface area (Å²) < 4.78 is 15.8. The molecule has 1 amide bonds. The van der Waals surface area contributed by atoms with Gasteiger partial charge >= 0.3 is 11.9 Å². The lowest BCUT2D eigenvalue weighted by atomic mass is 9.62. The molecule has 0 saturated carbocycles. The minimum absolute atomic E-state index is 0.0281. The van der Waals surface area contributed by atoms with Gasteiger partial charge in [0.15, 0.2) is 5.78 Å². The van der Waals surface area contributed by atoms with Crippen molar-refractivity contribution in [2.75, 3.05) is 25.2 Å². The lowest BCUT2D eigenvalue weighted by Crippen LogP contribution is -2.53. The molecule has 9 heteroatoms. The van der Waals surface area contributed by atoms with E-state index in [0.717, 1.165) is 0 Å². The lowest BCUT2D eigenvalue weighted by Gasteiger charge is -2.42. The number of carbonyl (C=O) groups excluding carboxylic acids is 4. The Hall–Kier alpha value is -3.62. The van der Waals surface area contributed by atoms with Crippen molar-refractivity contribution in [2.45, 2.75) is 39.0 Å². The fourth-order valence-corrected chi connectivity index (χ4v) is 5.01. The van der Waals surface area contributed by atoms with Gasteiger partial charge < -0.3 is 19.9 Å². The minimum Gasteiger partial charge on any atom is -0.468 e. The van der Waals surface area contributed by atoms with Gasteiger partial charge in [-0.05, 0) is 18.4 Å². The van der Waals surface area contributed by atoms with Crippen LogP contribution in [0, 0.1) is 5.41 Å². The van der Waals surface area contributed by atoms with E-state index in [4.69, 9.17) is 19.9 Å². The number of allylic oxidation sites excluding steroid dienone is 1. The fourth-order valence-electron chi connectivity index (χ4n) is 5.01. The maximum absolute atomic E-state index is 14.2. The molecule has 1 atom stereocenters. The molecule has 1 unspecified atom stereocenters. The molecule has 9 nitrogen and oxygen atoms in total. The van der Waals surface area contributed by atoms with E-state index in [2.05, 4.69) is 0 Å². The Kier molecular flexibility index (Phi) is 5.30. The lowest BCUT2D eigenvalue weighted by molar-refractivity contribution is -0.141. The van der Waals surface area contributed by atoms with Crippen molar-refractivity contribution in [1.82, 2.24) is 0 Å². The largest absolute Gasteiger partial charge is 0.468 e. The molecule has 0 saturated heterocycles. The Bertz CT molecular complexity index is 1150. The third-order valence-corrected chi connectivity index (χ3v) is 6.22. The van der Waals surface area contributed by atoms with Crippen molar-refractivity contribution < 1.29 is 33.4 Å². The second kappa shape index (κ2) is 7.75. The molecule has 1 spiro atoms. The third-order valence-electron chi connectivity index (χ3n) is 6.22. The molecule has 33 heavy (non-hydrogen) atoms. The molecular weight excluding hydrogens is 428 g/mol. The van der Waals surface area contributed by atoms with Crippen LogP contribution in [0.2, 0.25) is 0 Å². The average molecular weight is 454 g/mol. The van der Waals surface area contributed by atoms with E-state index in [1.54, 1.807) is 31.2 Å². The van der Waals surface area contributed by atoms with E-state index in [-0.39, 0.29) is 41.6 Å². The highest BCUT2D eigenvalue weighted by atomic mass is 16.5. The summed E-state index contributed by atoms with van der Waals surface area (Å²) >= 11 is 0. The number of ketones is 1. The van der Waals surface area contributed by atoms with Crippen molar-refractivity contribution >= 4 is 29.3 Å². The number of hydrogen-bond acceptors (Lipinski definition) is 8. The molecule has 0 radical (unpaired) electrons. The standard InChI is InChI=1S/C24H26N2O7/c1-5-32-21(29)19-20(25)33-16-11-23(2,3)10-15(27)18(16)24(19)13-8-6-7-9-14(13)26(22(24)30)12-17(28)31-4/h6-9H,5,10-12,25H2,1-4H3. The van der Waals surface area contributed by atoms with Gasteiger partial charge in [0.2, 0.25) is 11.8 Å². The van der Waals surface area contributed by atoms with Crippen molar-refractivity contribution in [2.24, 2.45) is 11.1 Å². The van der Waals surface area contributed by atoms with Gasteiger partial charge in [0, 0.05) is 24.1 Å². The highest BCUT2D eigenvalue weighted by molar-refractivity contribution is 6.24. The number of esters is 2. The maximum Gasteiger partial charge on any atom is 0.341 e. The van der Waals surface area contributed by atoms with Crippen molar-refractivity contribution in [3.63, 3.8) is 0 Å². The van der Waals surface area contributed by atoms with E-state index >= 15 is 0 Å². The van der Waals surface area contributed by atoms with Crippen LogP contribution in [0.25, 0.3) is 0 Å². The Balaban J connectivity index is 2.06. The number of ether oxygens (including phenoxy) is 3. The molecular formula is C24H26N2O7. The van der Waals surface area contributed by atoms with Gasteiger partial charge in [-0.2, -0.15) is 0 Å². The smallest absolute Gasteiger partial charge is 0.341 e. The maximum atomic E-state index is 14.2. The number of anilines is 1. The predicted molar refractivity (Wildman–Crippen MR) is 116 cm³/mol. The molecule has 2 N–H and O–H groups in total. The monoisotopic (exact) mass is 454 g/mol. The molecule has 0 bridgehead atoms. The molecule has 174 valence electrons. The number of nitrogens with two attached hydrogens (primary N) is 1. The summed E-state index contributed by atoms with van der Waals surface area (Å²) in [7, 11) is 1.22. The Labute approximate surface area is 191 Å². The first-order valence-corrected chi connectivity index (χ1v) is 10.7. The summed E-state index contributed by atoms with van der Waals surface area (Å²) in [4.78, 5) is 54.3. The first-order valence-electron chi connectivity index (χ1n) is 10.7. The first-order chi connectivity index (χ1) is 15.6. The Morgan fingerprint density at radius 3 is 2.55 bits per heavy atom. The van der Waals surface area contributed by atoms with Gasteiger partial charge in [-0.25, -0.2) is 4.79 Å². The molecule has 1 aliphatic carbocycles. The van der Waals surface area contributed by atoms with Crippen LogP contribution in [0.3, 0.4) is 0 Å². The molecule has 0 fully saturated rings. The number of carbonyl (C=O) groups is 4. The van der Waals surface area contributed by atoms with Crippen LogP contribution in [0.1, 0.15) is 39.2 Å². The molecule has 1 aromatic rings. The number of rotatable bonds is 4. The van der Waals surface area contributed by atoms with Crippen molar-refractivity contribution in [1.29, 1.82) is 0 Å². The summed E-state index contributed by atoms with van der Waals surface area (Å²) in [6.07, 6.45) is 0.498. The number of Topliss-reactive ketones (excluding diaryl/α,β-unsaturated/α-hetero) is 1. The van der Waals surface area contributed by atoms with Crippen molar-refractivity contribution in [3.05, 3.63) is 52.6 Å². The van der Waals surface area contributed by atoms with E-state index in [9.17, 15) is 19.2 Å². The van der Waals surface area contributed by atoms with Crippen LogP contribution >= 0.6 is 0 Å². The number of benzene rings is 1. The van der Waals surface area contributed by atoms with Crippen molar-refractivity contribution in [3.8, 4) is 0 Å². The van der Waals surface area contributed by atoms with Gasteiger partial charge in [-0.3, -0.25) is 19.3 Å². The minimum atomic E-state index is -1.87. The Morgan fingerprint density at radius 2 is 1.88 bits per heavy atom.